The second-order valence-corrected chi connectivity index (χ2v) is 5.44. The highest BCUT2D eigenvalue weighted by Gasteiger charge is 2.25. The molecule has 104 valence electrons. The van der Waals surface area contributed by atoms with Gasteiger partial charge in [-0.25, -0.2) is 0 Å². The fourth-order valence-electron chi connectivity index (χ4n) is 2.98. The minimum Gasteiger partial charge on any atom is -0.326 e. The van der Waals surface area contributed by atoms with Crippen molar-refractivity contribution < 1.29 is 0 Å². The summed E-state index contributed by atoms with van der Waals surface area (Å²) in [7, 11) is 0. The molecule has 1 aromatic carbocycles. The third kappa shape index (κ3) is 2.89. The van der Waals surface area contributed by atoms with E-state index in [0.717, 1.165) is 13.1 Å². The summed E-state index contributed by atoms with van der Waals surface area (Å²) in [6.45, 7) is 2.78. The van der Waals surface area contributed by atoms with Crippen LogP contribution in [-0.2, 0) is 13.1 Å². The van der Waals surface area contributed by atoms with Gasteiger partial charge in [0.1, 0.15) is 0 Å². The lowest BCUT2D eigenvalue weighted by molar-refractivity contribution is 0.248. The van der Waals surface area contributed by atoms with Gasteiger partial charge in [0.25, 0.3) is 0 Å². The molecule has 0 radical (unpaired) electrons. The van der Waals surface area contributed by atoms with E-state index in [2.05, 4.69) is 40.2 Å². The predicted molar refractivity (Wildman–Crippen MR) is 81.0 cm³/mol. The maximum absolute atomic E-state index is 5.64. The minimum atomic E-state index is 0.512. The number of pyridine rings is 1. The molecule has 1 saturated heterocycles. The molecule has 2 heterocycles. The summed E-state index contributed by atoms with van der Waals surface area (Å²) >= 11 is 0. The van der Waals surface area contributed by atoms with Crippen LogP contribution in [0.5, 0.6) is 0 Å². The van der Waals surface area contributed by atoms with Crippen molar-refractivity contribution in [1.29, 1.82) is 0 Å². The molecule has 20 heavy (non-hydrogen) atoms. The van der Waals surface area contributed by atoms with Crippen LogP contribution in [0.1, 0.15) is 35.6 Å². The van der Waals surface area contributed by atoms with Crippen molar-refractivity contribution in [1.82, 2.24) is 9.88 Å². The SMILES string of the molecule is NCc1ccc(CN2CCCC2c2cccnc2)cc1. The molecule has 1 aliphatic heterocycles. The second kappa shape index (κ2) is 6.16. The van der Waals surface area contributed by atoms with Crippen LogP contribution in [0.3, 0.4) is 0 Å². The van der Waals surface area contributed by atoms with E-state index in [4.69, 9.17) is 5.73 Å². The topological polar surface area (TPSA) is 42.1 Å². The Balaban J connectivity index is 1.72. The molecular formula is C17H21N3. The maximum atomic E-state index is 5.64. The number of nitrogens with zero attached hydrogens (tertiary/aromatic N) is 2. The van der Waals surface area contributed by atoms with Gasteiger partial charge in [-0.05, 0) is 42.1 Å². The number of rotatable bonds is 4. The lowest BCUT2D eigenvalue weighted by atomic mass is 10.1. The summed E-state index contributed by atoms with van der Waals surface area (Å²) in [6, 6.07) is 13.4. The first-order chi connectivity index (χ1) is 9.86. The van der Waals surface area contributed by atoms with Gasteiger partial charge >= 0.3 is 0 Å². The standard InChI is InChI=1S/C17H21N3/c18-11-14-5-7-15(8-6-14)13-20-10-2-4-17(20)16-3-1-9-19-12-16/h1,3,5-9,12,17H,2,4,10-11,13,18H2. The average molecular weight is 267 g/mol. The van der Waals surface area contributed by atoms with Crippen LogP contribution in [0, 0.1) is 0 Å². The fraction of sp³-hybridized carbons (Fsp3) is 0.353. The molecule has 1 atom stereocenters. The van der Waals surface area contributed by atoms with E-state index in [1.165, 1.54) is 29.5 Å². The molecule has 3 rings (SSSR count). The van der Waals surface area contributed by atoms with Crippen molar-refractivity contribution in [2.45, 2.75) is 32.0 Å². The van der Waals surface area contributed by atoms with E-state index in [1.54, 1.807) is 0 Å². The first-order valence-corrected chi connectivity index (χ1v) is 7.28. The van der Waals surface area contributed by atoms with Crippen molar-refractivity contribution >= 4 is 0 Å². The zero-order valence-electron chi connectivity index (χ0n) is 11.7. The number of benzene rings is 1. The lowest BCUT2D eigenvalue weighted by Crippen LogP contribution is -2.22. The highest BCUT2D eigenvalue weighted by molar-refractivity contribution is 5.23. The molecule has 3 nitrogen and oxygen atoms in total. The molecular weight excluding hydrogens is 246 g/mol. The second-order valence-electron chi connectivity index (χ2n) is 5.44. The highest BCUT2D eigenvalue weighted by atomic mass is 15.2. The zero-order valence-corrected chi connectivity index (χ0v) is 11.7. The Morgan fingerprint density at radius 3 is 2.65 bits per heavy atom. The van der Waals surface area contributed by atoms with Crippen molar-refractivity contribution in [3.63, 3.8) is 0 Å². The molecule has 1 unspecified atom stereocenters. The number of hydrogen-bond donors (Lipinski definition) is 1. The highest BCUT2D eigenvalue weighted by Crippen LogP contribution is 2.32. The third-order valence-electron chi connectivity index (χ3n) is 4.08. The summed E-state index contributed by atoms with van der Waals surface area (Å²) in [6.07, 6.45) is 6.34. The monoisotopic (exact) mass is 267 g/mol. The first-order valence-electron chi connectivity index (χ1n) is 7.28. The van der Waals surface area contributed by atoms with Gasteiger partial charge in [-0.15, -0.1) is 0 Å². The molecule has 2 N–H and O–H groups in total. The van der Waals surface area contributed by atoms with Gasteiger partial charge in [0.2, 0.25) is 0 Å². The molecule has 3 heteroatoms. The molecule has 2 aromatic rings. The van der Waals surface area contributed by atoms with Gasteiger partial charge in [-0.2, -0.15) is 0 Å². The zero-order chi connectivity index (χ0) is 13.8. The Morgan fingerprint density at radius 2 is 1.95 bits per heavy atom. The van der Waals surface area contributed by atoms with Gasteiger partial charge in [0.15, 0.2) is 0 Å². The smallest absolute Gasteiger partial charge is 0.0367 e. The Morgan fingerprint density at radius 1 is 1.15 bits per heavy atom. The van der Waals surface area contributed by atoms with Crippen molar-refractivity contribution in [2.24, 2.45) is 5.73 Å². The van der Waals surface area contributed by atoms with Crippen LogP contribution in [0.15, 0.2) is 48.8 Å². The van der Waals surface area contributed by atoms with E-state index in [1.807, 2.05) is 18.5 Å². The fourth-order valence-corrected chi connectivity index (χ4v) is 2.98. The van der Waals surface area contributed by atoms with Crippen LogP contribution in [-0.4, -0.2) is 16.4 Å². The summed E-state index contributed by atoms with van der Waals surface area (Å²) in [4.78, 5) is 6.80. The molecule has 0 spiro atoms. The van der Waals surface area contributed by atoms with Gasteiger partial charge < -0.3 is 5.73 Å². The summed E-state index contributed by atoms with van der Waals surface area (Å²) < 4.78 is 0. The van der Waals surface area contributed by atoms with E-state index in [0.29, 0.717) is 12.6 Å². The molecule has 0 aliphatic carbocycles. The third-order valence-corrected chi connectivity index (χ3v) is 4.08. The molecule has 1 aromatic heterocycles. The average Bonchev–Trinajstić information content (AvgIpc) is 2.97. The van der Waals surface area contributed by atoms with Crippen LogP contribution >= 0.6 is 0 Å². The van der Waals surface area contributed by atoms with Crippen LogP contribution in [0.4, 0.5) is 0 Å². The molecule has 0 amide bonds. The quantitative estimate of drug-likeness (QED) is 0.926. The van der Waals surface area contributed by atoms with Gasteiger partial charge in [-0.1, -0.05) is 30.3 Å². The summed E-state index contributed by atoms with van der Waals surface area (Å²) in [5.74, 6) is 0. The first kappa shape index (κ1) is 13.3. The summed E-state index contributed by atoms with van der Waals surface area (Å²) in [5.41, 5.74) is 9.53. The molecule has 1 aliphatic rings. The van der Waals surface area contributed by atoms with Crippen LogP contribution in [0.2, 0.25) is 0 Å². The van der Waals surface area contributed by atoms with Crippen molar-refractivity contribution in [3.05, 3.63) is 65.5 Å². The van der Waals surface area contributed by atoms with Gasteiger partial charge in [0.05, 0.1) is 0 Å². The number of hydrogen-bond acceptors (Lipinski definition) is 3. The normalized spacial score (nSPS) is 19.4. The van der Waals surface area contributed by atoms with E-state index in [-0.39, 0.29) is 0 Å². The Labute approximate surface area is 120 Å². The Kier molecular flexibility index (Phi) is 4.09. The largest absolute Gasteiger partial charge is 0.326 e. The van der Waals surface area contributed by atoms with Gasteiger partial charge in [0, 0.05) is 31.5 Å². The van der Waals surface area contributed by atoms with E-state index >= 15 is 0 Å². The maximum Gasteiger partial charge on any atom is 0.0367 e. The Hall–Kier alpha value is -1.71. The van der Waals surface area contributed by atoms with Crippen molar-refractivity contribution in [2.75, 3.05) is 6.54 Å². The lowest BCUT2D eigenvalue weighted by Gasteiger charge is -2.24. The summed E-state index contributed by atoms with van der Waals surface area (Å²) in [5, 5.41) is 0. The number of nitrogens with two attached hydrogens (primary N) is 1. The van der Waals surface area contributed by atoms with Crippen molar-refractivity contribution in [3.8, 4) is 0 Å². The van der Waals surface area contributed by atoms with Crippen LogP contribution in [0.25, 0.3) is 0 Å². The minimum absolute atomic E-state index is 0.512. The predicted octanol–water partition coefficient (Wildman–Crippen LogP) is 2.88. The molecule has 1 fully saturated rings. The van der Waals surface area contributed by atoms with E-state index < -0.39 is 0 Å². The van der Waals surface area contributed by atoms with Crippen LogP contribution < -0.4 is 5.73 Å². The van der Waals surface area contributed by atoms with E-state index in [9.17, 15) is 0 Å². The van der Waals surface area contributed by atoms with Gasteiger partial charge in [-0.3, -0.25) is 9.88 Å². The molecule has 0 saturated carbocycles. The number of aromatic nitrogens is 1. The number of likely N-dealkylation sites (tertiary alicyclic amines) is 1. The molecule has 0 bridgehead atoms. The Bertz CT molecular complexity index is 536.